The minimum absolute atomic E-state index is 0.0489. The number of rotatable bonds is 7. The van der Waals surface area contributed by atoms with E-state index in [-0.39, 0.29) is 11.8 Å². The second-order valence-electron chi connectivity index (χ2n) is 7.75. The summed E-state index contributed by atoms with van der Waals surface area (Å²) in [5.41, 5.74) is 1.48. The Labute approximate surface area is 170 Å². The number of amides is 2. The van der Waals surface area contributed by atoms with Crippen molar-refractivity contribution in [3.8, 4) is 0 Å². The Morgan fingerprint density at radius 1 is 0.893 bits per heavy atom. The number of hydrogen-bond acceptors (Lipinski definition) is 4. The van der Waals surface area contributed by atoms with Gasteiger partial charge in [-0.3, -0.25) is 14.5 Å². The minimum atomic E-state index is -0.112. The number of hydrogen-bond donors (Lipinski definition) is 2. The van der Waals surface area contributed by atoms with Crippen molar-refractivity contribution in [1.82, 2.24) is 4.90 Å². The first-order valence-electron chi connectivity index (χ1n) is 10.2. The van der Waals surface area contributed by atoms with Crippen LogP contribution in [0.3, 0.4) is 0 Å². The average Bonchev–Trinajstić information content (AvgIpc) is 3.40. The molecule has 2 saturated carbocycles. The normalized spacial score (nSPS) is 17.5. The summed E-state index contributed by atoms with van der Waals surface area (Å²) in [5, 5.41) is 7.77. The fourth-order valence-electron chi connectivity index (χ4n) is 3.98. The van der Waals surface area contributed by atoms with Gasteiger partial charge < -0.3 is 10.6 Å². The number of thiophene rings is 1. The van der Waals surface area contributed by atoms with Crippen LogP contribution < -0.4 is 10.6 Å². The molecule has 0 aliphatic heterocycles. The van der Waals surface area contributed by atoms with Gasteiger partial charge in [-0.05, 0) is 61.4 Å². The lowest BCUT2D eigenvalue weighted by molar-refractivity contribution is -0.118. The van der Waals surface area contributed by atoms with Crippen molar-refractivity contribution in [1.29, 1.82) is 0 Å². The van der Waals surface area contributed by atoms with Crippen molar-refractivity contribution in [3.05, 3.63) is 46.7 Å². The lowest BCUT2D eigenvalue weighted by atomic mass is 9.94. The van der Waals surface area contributed by atoms with E-state index in [1.165, 1.54) is 56.3 Å². The smallest absolute Gasteiger partial charge is 0.265 e. The zero-order chi connectivity index (χ0) is 19.3. The van der Waals surface area contributed by atoms with E-state index in [0.717, 1.165) is 11.4 Å². The van der Waals surface area contributed by atoms with Gasteiger partial charge in [0, 0.05) is 23.5 Å². The standard InChI is InChI=1S/C22H27N3O2S/c26-21(15-25(19-12-13-19)18-5-2-1-3-6-18)23-16-8-10-17(11-9-16)24-22(27)20-7-4-14-28-20/h4,7-11,14,18-19H,1-3,5-6,12-13,15H2,(H,23,26)(H,24,27). The van der Waals surface area contributed by atoms with Gasteiger partial charge >= 0.3 is 0 Å². The van der Waals surface area contributed by atoms with E-state index in [4.69, 9.17) is 0 Å². The lowest BCUT2D eigenvalue weighted by Gasteiger charge is -2.34. The van der Waals surface area contributed by atoms with E-state index in [0.29, 0.717) is 23.5 Å². The molecule has 1 heterocycles. The third-order valence-electron chi connectivity index (χ3n) is 5.56. The third kappa shape index (κ3) is 5.00. The number of carbonyl (C=O) groups is 2. The average molecular weight is 398 g/mol. The molecule has 28 heavy (non-hydrogen) atoms. The molecule has 2 fully saturated rings. The number of carbonyl (C=O) groups excluding carboxylic acids is 2. The molecule has 2 amide bonds. The second-order valence-corrected chi connectivity index (χ2v) is 8.70. The van der Waals surface area contributed by atoms with Crippen LogP contribution in [-0.2, 0) is 4.79 Å². The number of nitrogens with zero attached hydrogens (tertiary/aromatic N) is 1. The first-order valence-corrected chi connectivity index (χ1v) is 11.1. The highest BCUT2D eigenvalue weighted by Crippen LogP contribution is 2.33. The van der Waals surface area contributed by atoms with Gasteiger partial charge in [0.05, 0.1) is 11.4 Å². The molecule has 1 aromatic carbocycles. The molecule has 2 aliphatic carbocycles. The first-order chi connectivity index (χ1) is 13.7. The summed E-state index contributed by atoms with van der Waals surface area (Å²) >= 11 is 1.41. The zero-order valence-corrected chi connectivity index (χ0v) is 16.8. The maximum absolute atomic E-state index is 12.6. The van der Waals surface area contributed by atoms with Crippen molar-refractivity contribution < 1.29 is 9.59 Å². The zero-order valence-electron chi connectivity index (χ0n) is 16.0. The highest BCUT2D eigenvalue weighted by atomic mass is 32.1. The molecule has 0 atom stereocenters. The molecular formula is C22H27N3O2S. The summed E-state index contributed by atoms with van der Waals surface area (Å²) in [7, 11) is 0. The van der Waals surface area contributed by atoms with Gasteiger partial charge in [-0.15, -0.1) is 11.3 Å². The van der Waals surface area contributed by atoms with Crippen molar-refractivity contribution in [2.24, 2.45) is 0 Å². The van der Waals surface area contributed by atoms with E-state index < -0.39 is 0 Å². The summed E-state index contributed by atoms with van der Waals surface area (Å²) in [6.07, 6.45) is 8.80. The van der Waals surface area contributed by atoms with Gasteiger partial charge in [0.1, 0.15) is 0 Å². The van der Waals surface area contributed by atoms with Crippen molar-refractivity contribution in [3.63, 3.8) is 0 Å². The Hall–Kier alpha value is -2.18. The quantitative estimate of drug-likeness (QED) is 0.710. The van der Waals surface area contributed by atoms with Gasteiger partial charge in [-0.25, -0.2) is 0 Å². The summed E-state index contributed by atoms with van der Waals surface area (Å²) in [4.78, 5) is 27.8. The highest BCUT2D eigenvalue weighted by molar-refractivity contribution is 7.12. The van der Waals surface area contributed by atoms with Crippen LogP contribution in [0, 0.1) is 0 Å². The van der Waals surface area contributed by atoms with E-state index in [1.807, 2.05) is 35.7 Å². The molecule has 0 radical (unpaired) electrons. The Bertz CT molecular complexity index is 794. The molecule has 4 rings (SSSR count). The van der Waals surface area contributed by atoms with Crippen LogP contribution in [0.4, 0.5) is 11.4 Å². The maximum atomic E-state index is 12.6. The second kappa shape index (κ2) is 8.88. The van der Waals surface area contributed by atoms with Crippen molar-refractivity contribution in [2.45, 2.75) is 57.0 Å². The lowest BCUT2D eigenvalue weighted by Crippen LogP contribution is -2.43. The predicted molar refractivity (Wildman–Crippen MR) is 114 cm³/mol. The van der Waals surface area contributed by atoms with E-state index in [2.05, 4.69) is 15.5 Å². The molecule has 148 valence electrons. The monoisotopic (exact) mass is 397 g/mol. The van der Waals surface area contributed by atoms with Crippen LogP contribution in [0.15, 0.2) is 41.8 Å². The summed E-state index contributed by atoms with van der Waals surface area (Å²) < 4.78 is 0. The Kier molecular flexibility index (Phi) is 6.07. The van der Waals surface area contributed by atoms with Crippen LogP contribution in [0.1, 0.15) is 54.6 Å². The van der Waals surface area contributed by atoms with Crippen LogP contribution in [0.5, 0.6) is 0 Å². The molecule has 0 bridgehead atoms. The molecule has 1 aromatic heterocycles. The van der Waals surface area contributed by atoms with Crippen LogP contribution in [0.2, 0.25) is 0 Å². The van der Waals surface area contributed by atoms with Gasteiger partial charge in [-0.2, -0.15) is 0 Å². The maximum Gasteiger partial charge on any atom is 0.265 e. The molecule has 2 aliphatic rings. The summed E-state index contributed by atoms with van der Waals surface area (Å²) in [6.45, 7) is 0.478. The molecule has 0 unspecified atom stereocenters. The Balaban J connectivity index is 1.30. The van der Waals surface area contributed by atoms with Crippen LogP contribution >= 0.6 is 11.3 Å². The molecule has 0 saturated heterocycles. The predicted octanol–water partition coefficient (Wildman–Crippen LogP) is 4.74. The van der Waals surface area contributed by atoms with Crippen LogP contribution in [0.25, 0.3) is 0 Å². The number of benzene rings is 1. The molecule has 5 nitrogen and oxygen atoms in total. The van der Waals surface area contributed by atoms with Crippen LogP contribution in [-0.4, -0.2) is 35.3 Å². The van der Waals surface area contributed by atoms with Gasteiger partial charge in [0.2, 0.25) is 5.91 Å². The van der Waals surface area contributed by atoms with E-state index >= 15 is 0 Å². The first kappa shape index (κ1) is 19.2. The van der Waals surface area contributed by atoms with Gasteiger partial charge in [-0.1, -0.05) is 25.3 Å². The van der Waals surface area contributed by atoms with Crippen molar-refractivity contribution >= 4 is 34.5 Å². The van der Waals surface area contributed by atoms with Gasteiger partial charge in [0.15, 0.2) is 0 Å². The SMILES string of the molecule is O=C(CN(C1CCCCC1)C1CC1)Nc1ccc(NC(=O)c2cccs2)cc1. The topological polar surface area (TPSA) is 61.4 Å². The Morgan fingerprint density at radius 3 is 2.14 bits per heavy atom. The largest absolute Gasteiger partial charge is 0.325 e. The minimum Gasteiger partial charge on any atom is -0.325 e. The highest BCUT2D eigenvalue weighted by Gasteiger charge is 2.35. The number of nitrogens with one attached hydrogen (secondary N) is 2. The molecule has 6 heteroatoms. The van der Waals surface area contributed by atoms with Gasteiger partial charge in [0.25, 0.3) is 5.91 Å². The third-order valence-corrected chi connectivity index (χ3v) is 6.43. The van der Waals surface area contributed by atoms with E-state index in [9.17, 15) is 9.59 Å². The Morgan fingerprint density at radius 2 is 1.54 bits per heavy atom. The molecule has 2 aromatic rings. The fraction of sp³-hybridized carbons (Fsp3) is 0.455. The molecule has 0 spiro atoms. The van der Waals surface area contributed by atoms with E-state index in [1.54, 1.807) is 6.07 Å². The number of anilines is 2. The molecular weight excluding hydrogens is 370 g/mol. The fourth-order valence-corrected chi connectivity index (χ4v) is 4.60. The summed E-state index contributed by atoms with van der Waals surface area (Å²) in [5.74, 6) is -0.0628. The molecule has 2 N–H and O–H groups in total. The summed E-state index contributed by atoms with van der Waals surface area (Å²) in [6, 6.07) is 12.1. The van der Waals surface area contributed by atoms with Crippen molar-refractivity contribution in [2.75, 3.05) is 17.2 Å².